The number of halogens is 3. The van der Waals surface area contributed by atoms with Crippen LogP contribution in [0.5, 0.6) is 0 Å². The highest BCUT2D eigenvalue weighted by Crippen LogP contribution is 2.33. The summed E-state index contributed by atoms with van der Waals surface area (Å²) >= 11 is 0. The maximum atomic E-state index is 13.2. The molecule has 160 valence electrons. The molecule has 0 saturated carbocycles. The Hall–Kier alpha value is -3.82. The van der Waals surface area contributed by atoms with Crippen molar-refractivity contribution in [1.82, 2.24) is 9.78 Å². The molecule has 2 aromatic carbocycles. The standard InChI is InChI=1S/C21H18F3N5O2/c1-12-11-28(16-8-4-14(5-9-16)21(22,23)24)20(31)18-17(10-26-29(12)18)27-19(30)13-2-6-15(25)7-3-13/h2-10,12H,11,25H2,1H3,(H,27,30)/t12-/m0/s1. The van der Waals surface area contributed by atoms with E-state index in [4.69, 9.17) is 5.73 Å². The summed E-state index contributed by atoms with van der Waals surface area (Å²) in [6.07, 6.45) is -3.08. The summed E-state index contributed by atoms with van der Waals surface area (Å²) in [6, 6.07) is 10.4. The summed E-state index contributed by atoms with van der Waals surface area (Å²) in [5, 5.41) is 6.89. The van der Waals surface area contributed by atoms with Crippen LogP contribution in [0.4, 0.5) is 30.2 Å². The molecule has 0 aliphatic carbocycles. The largest absolute Gasteiger partial charge is 0.416 e. The fraction of sp³-hybridized carbons (Fsp3) is 0.190. The smallest absolute Gasteiger partial charge is 0.399 e. The number of nitrogen functional groups attached to an aromatic ring is 1. The second-order valence-corrected chi connectivity index (χ2v) is 7.24. The first-order valence-electron chi connectivity index (χ1n) is 9.38. The Morgan fingerprint density at radius 2 is 1.77 bits per heavy atom. The van der Waals surface area contributed by atoms with Crippen LogP contribution in [0.3, 0.4) is 0 Å². The zero-order valence-electron chi connectivity index (χ0n) is 16.3. The Balaban J connectivity index is 1.62. The predicted molar refractivity (Wildman–Crippen MR) is 109 cm³/mol. The summed E-state index contributed by atoms with van der Waals surface area (Å²) in [5.41, 5.74) is 6.40. The van der Waals surface area contributed by atoms with Gasteiger partial charge in [-0.25, -0.2) is 0 Å². The number of nitrogens with two attached hydrogens (primary N) is 1. The van der Waals surface area contributed by atoms with E-state index in [0.717, 1.165) is 12.1 Å². The van der Waals surface area contributed by atoms with Gasteiger partial charge in [-0.05, 0) is 55.5 Å². The van der Waals surface area contributed by atoms with Gasteiger partial charge in [0.1, 0.15) is 0 Å². The number of carbonyl (C=O) groups excluding carboxylic acids is 2. The fourth-order valence-corrected chi connectivity index (χ4v) is 3.44. The summed E-state index contributed by atoms with van der Waals surface area (Å²) in [5.74, 6) is -0.911. The molecule has 3 aromatic rings. The molecular weight excluding hydrogens is 411 g/mol. The molecule has 10 heteroatoms. The van der Waals surface area contributed by atoms with E-state index in [1.807, 2.05) is 6.92 Å². The molecule has 2 amide bonds. The van der Waals surface area contributed by atoms with Crippen molar-refractivity contribution in [3.8, 4) is 0 Å². The average Bonchev–Trinajstić information content (AvgIpc) is 3.15. The van der Waals surface area contributed by atoms with E-state index >= 15 is 0 Å². The Bertz CT molecular complexity index is 1140. The summed E-state index contributed by atoms with van der Waals surface area (Å²) in [7, 11) is 0. The minimum atomic E-state index is -4.46. The van der Waals surface area contributed by atoms with E-state index in [9.17, 15) is 22.8 Å². The number of aromatic nitrogens is 2. The minimum Gasteiger partial charge on any atom is -0.399 e. The minimum absolute atomic E-state index is 0.155. The zero-order chi connectivity index (χ0) is 22.3. The number of hydrogen-bond donors (Lipinski definition) is 2. The van der Waals surface area contributed by atoms with Crippen molar-refractivity contribution in [2.24, 2.45) is 0 Å². The first kappa shape index (κ1) is 20.5. The van der Waals surface area contributed by atoms with Crippen LogP contribution in [0.2, 0.25) is 0 Å². The van der Waals surface area contributed by atoms with Crippen LogP contribution < -0.4 is 16.0 Å². The van der Waals surface area contributed by atoms with Crippen LogP contribution >= 0.6 is 0 Å². The fourth-order valence-electron chi connectivity index (χ4n) is 3.44. The quantitative estimate of drug-likeness (QED) is 0.617. The average molecular weight is 429 g/mol. The number of nitrogens with zero attached hydrogens (tertiary/aromatic N) is 3. The lowest BCUT2D eigenvalue weighted by Crippen LogP contribution is -2.43. The van der Waals surface area contributed by atoms with Gasteiger partial charge in [0.15, 0.2) is 5.69 Å². The van der Waals surface area contributed by atoms with Crippen LogP contribution in [0.1, 0.15) is 39.4 Å². The van der Waals surface area contributed by atoms with E-state index in [0.29, 0.717) is 16.9 Å². The molecule has 0 saturated heterocycles. The van der Waals surface area contributed by atoms with Gasteiger partial charge in [-0.1, -0.05) is 0 Å². The SMILES string of the molecule is C[C@H]1CN(c2ccc(C(F)(F)F)cc2)C(=O)c2c(NC(=O)c3ccc(N)cc3)cnn21. The third-order valence-electron chi connectivity index (χ3n) is 5.03. The summed E-state index contributed by atoms with van der Waals surface area (Å²) in [6.45, 7) is 2.05. The highest BCUT2D eigenvalue weighted by atomic mass is 19.4. The van der Waals surface area contributed by atoms with Gasteiger partial charge in [0.2, 0.25) is 0 Å². The molecule has 0 bridgehead atoms. The number of anilines is 3. The topological polar surface area (TPSA) is 93.2 Å². The molecule has 7 nitrogen and oxygen atoms in total. The van der Waals surface area contributed by atoms with Crippen LogP contribution in [-0.4, -0.2) is 28.1 Å². The summed E-state index contributed by atoms with van der Waals surface area (Å²) < 4.78 is 40.1. The molecule has 4 rings (SSSR count). The van der Waals surface area contributed by atoms with E-state index in [1.54, 1.807) is 24.3 Å². The van der Waals surface area contributed by atoms with Crippen molar-refractivity contribution in [2.75, 3.05) is 22.5 Å². The first-order chi connectivity index (χ1) is 14.6. The Kier molecular flexibility index (Phi) is 4.92. The lowest BCUT2D eigenvalue weighted by atomic mass is 10.1. The Morgan fingerprint density at radius 1 is 1.13 bits per heavy atom. The third-order valence-corrected chi connectivity index (χ3v) is 5.03. The molecule has 31 heavy (non-hydrogen) atoms. The van der Waals surface area contributed by atoms with Gasteiger partial charge in [0.05, 0.1) is 23.5 Å². The first-order valence-corrected chi connectivity index (χ1v) is 9.38. The number of hydrogen-bond acceptors (Lipinski definition) is 4. The number of carbonyl (C=O) groups is 2. The van der Waals surface area contributed by atoms with Crippen molar-refractivity contribution in [3.05, 3.63) is 71.5 Å². The number of nitrogens with one attached hydrogen (secondary N) is 1. The number of fused-ring (bicyclic) bond motifs is 1. The van der Waals surface area contributed by atoms with E-state index < -0.39 is 23.6 Å². The highest BCUT2D eigenvalue weighted by Gasteiger charge is 2.35. The van der Waals surface area contributed by atoms with Crippen LogP contribution in [0, 0.1) is 0 Å². The number of alkyl halides is 3. The van der Waals surface area contributed by atoms with E-state index in [2.05, 4.69) is 10.4 Å². The molecule has 1 aliphatic heterocycles. The maximum Gasteiger partial charge on any atom is 0.416 e. The van der Waals surface area contributed by atoms with Gasteiger partial charge >= 0.3 is 6.18 Å². The van der Waals surface area contributed by atoms with Crippen molar-refractivity contribution in [2.45, 2.75) is 19.1 Å². The molecule has 0 spiro atoms. The van der Waals surface area contributed by atoms with Crippen molar-refractivity contribution in [3.63, 3.8) is 0 Å². The molecule has 1 aromatic heterocycles. The Morgan fingerprint density at radius 3 is 2.39 bits per heavy atom. The second kappa shape index (κ2) is 7.46. The molecule has 3 N–H and O–H groups in total. The van der Waals surface area contributed by atoms with Crippen LogP contribution in [0.15, 0.2) is 54.7 Å². The molecule has 0 radical (unpaired) electrons. The zero-order valence-corrected chi connectivity index (χ0v) is 16.3. The van der Waals surface area contributed by atoms with Gasteiger partial charge in [-0.2, -0.15) is 18.3 Å². The maximum absolute atomic E-state index is 13.2. The van der Waals surface area contributed by atoms with Gasteiger partial charge in [0.25, 0.3) is 11.8 Å². The van der Waals surface area contributed by atoms with Crippen LogP contribution in [-0.2, 0) is 6.18 Å². The normalized spacial score (nSPS) is 16.2. The molecule has 0 unspecified atom stereocenters. The molecule has 0 fully saturated rings. The van der Waals surface area contributed by atoms with Crippen LogP contribution in [0.25, 0.3) is 0 Å². The van der Waals surface area contributed by atoms with Crippen molar-refractivity contribution >= 4 is 28.9 Å². The van der Waals surface area contributed by atoms with Gasteiger partial charge in [-0.3, -0.25) is 14.3 Å². The van der Waals surface area contributed by atoms with Gasteiger partial charge < -0.3 is 16.0 Å². The third kappa shape index (κ3) is 3.83. The van der Waals surface area contributed by atoms with E-state index in [-0.39, 0.29) is 24.0 Å². The number of amides is 2. The lowest BCUT2D eigenvalue weighted by molar-refractivity contribution is -0.137. The molecule has 2 heterocycles. The highest BCUT2D eigenvalue weighted by molar-refractivity contribution is 6.13. The Labute approximate surface area is 175 Å². The molecule has 1 aliphatic rings. The van der Waals surface area contributed by atoms with E-state index in [1.165, 1.54) is 27.9 Å². The predicted octanol–water partition coefficient (Wildman–Crippen LogP) is 3.96. The van der Waals surface area contributed by atoms with Crippen molar-refractivity contribution in [1.29, 1.82) is 0 Å². The summed E-state index contributed by atoms with van der Waals surface area (Å²) in [4.78, 5) is 27.1. The number of rotatable bonds is 3. The van der Waals surface area contributed by atoms with Gasteiger partial charge in [0, 0.05) is 23.5 Å². The molecule has 1 atom stereocenters. The molecular formula is C21H18F3N5O2. The monoisotopic (exact) mass is 429 g/mol. The number of benzene rings is 2. The second-order valence-electron chi connectivity index (χ2n) is 7.24. The van der Waals surface area contributed by atoms with Gasteiger partial charge in [-0.15, -0.1) is 0 Å². The lowest BCUT2D eigenvalue weighted by Gasteiger charge is -2.32. The van der Waals surface area contributed by atoms with Crippen molar-refractivity contribution < 1.29 is 22.8 Å².